The lowest BCUT2D eigenvalue weighted by molar-refractivity contribution is 0.0600. The minimum atomic E-state index is -0.434. The van der Waals surface area contributed by atoms with E-state index >= 15 is 0 Å². The Balaban J connectivity index is 2.01. The van der Waals surface area contributed by atoms with Crippen LogP contribution >= 0.6 is 39.0 Å². The molecule has 1 aromatic heterocycles. The monoisotopic (exact) mass is 464 g/mol. The van der Waals surface area contributed by atoms with E-state index in [1.165, 1.54) is 18.4 Å². The second kappa shape index (κ2) is 8.86. The SMILES string of the molecule is COC(=O)c1ccc(C(=O)N=c2sc3cc(Br)ccc3n2CCSC)cc1. The highest BCUT2D eigenvalue weighted by molar-refractivity contribution is 9.10. The lowest BCUT2D eigenvalue weighted by atomic mass is 10.1. The summed E-state index contributed by atoms with van der Waals surface area (Å²) in [6.45, 7) is 0.774. The zero-order valence-corrected chi connectivity index (χ0v) is 18.0. The number of thiazole rings is 1. The molecule has 1 amide bonds. The quantitative estimate of drug-likeness (QED) is 0.526. The number of esters is 1. The molecule has 3 rings (SSSR count). The number of amides is 1. The van der Waals surface area contributed by atoms with Gasteiger partial charge in [-0.15, -0.1) is 0 Å². The number of benzene rings is 2. The molecule has 0 aliphatic carbocycles. The Morgan fingerprint density at radius 2 is 1.89 bits per heavy atom. The molecule has 140 valence electrons. The zero-order valence-electron chi connectivity index (χ0n) is 14.8. The van der Waals surface area contributed by atoms with Gasteiger partial charge in [-0.3, -0.25) is 4.79 Å². The van der Waals surface area contributed by atoms with Gasteiger partial charge in [0.05, 0.1) is 22.9 Å². The number of carbonyl (C=O) groups is 2. The summed E-state index contributed by atoms with van der Waals surface area (Å²) in [6.07, 6.45) is 2.05. The first-order chi connectivity index (χ1) is 13.0. The van der Waals surface area contributed by atoms with Crippen molar-refractivity contribution in [3.63, 3.8) is 0 Å². The fourth-order valence-electron chi connectivity index (χ4n) is 2.55. The number of rotatable bonds is 5. The van der Waals surface area contributed by atoms with Gasteiger partial charge in [0.1, 0.15) is 0 Å². The zero-order chi connectivity index (χ0) is 19.4. The van der Waals surface area contributed by atoms with Crippen LogP contribution in [0.3, 0.4) is 0 Å². The third-order valence-corrected chi connectivity index (χ3v) is 6.04. The highest BCUT2D eigenvalue weighted by Crippen LogP contribution is 2.22. The van der Waals surface area contributed by atoms with E-state index in [4.69, 9.17) is 0 Å². The van der Waals surface area contributed by atoms with Gasteiger partial charge in [-0.05, 0) is 48.7 Å². The standard InChI is InChI=1S/C19H17BrN2O3S2/c1-25-18(24)13-5-3-12(4-6-13)17(23)21-19-22(9-10-26-2)15-8-7-14(20)11-16(15)27-19/h3-8,11H,9-10H2,1-2H3. The molecule has 0 saturated heterocycles. The molecule has 0 unspecified atom stereocenters. The molecule has 0 aliphatic rings. The summed E-state index contributed by atoms with van der Waals surface area (Å²) in [5.74, 6) is 0.155. The van der Waals surface area contributed by atoms with Gasteiger partial charge >= 0.3 is 5.97 Å². The third-order valence-electron chi connectivity index (χ3n) is 3.91. The highest BCUT2D eigenvalue weighted by atomic mass is 79.9. The van der Waals surface area contributed by atoms with Gasteiger partial charge in [-0.1, -0.05) is 27.3 Å². The van der Waals surface area contributed by atoms with Crippen molar-refractivity contribution in [3.05, 3.63) is 62.9 Å². The van der Waals surface area contributed by atoms with Gasteiger partial charge in [-0.2, -0.15) is 16.8 Å². The van der Waals surface area contributed by atoms with Crippen LogP contribution in [-0.4, -0.2) is 35.6 Å². The van der Waals surface area contributed by atoms with E-state index < -0.39 is 5.97 Å². The topological polar surface area (TPSA) is 60.7 Å². The number of carbonyl (C=O) groups excluding carboxylic acids is 2. The Morgan fingerprint density at radius 3 is 2.56 bits per heavy atom. The largest absolute Gasteiger partial charge is 0.465 e. The maximum Gasteiger partial charge on any atom is 0.337 e. The highest BCUT2D eigenvalue weighted by Gasteiger charge is 2.11. The number of halogens is 1. The van der Waals surface area contributed by atoms with Crippen LogP contribution in [0, 0.1) is 0 Å². The molecule has 27 heavy (non-hydrogen) atoms. The number of aryl methyl sites for hydroxylation is 1. The molecular formula is C19H17BrN2O3S2. The predicted octanol–water partition coefficient (Wildman–Crippen LogP) is 4.36. The summed E-state index contributed by atoms with van der Waals surface area (Å²) in [5.41, 5.74) is 1.89. The van der Waals surface area contributed by atoms with E-state index in [-0.39, 0.29) is 5.91 Å². The number of methoxy groups -OCH3 is 1. The summed E-state index contributed by atoms with van der Waals surface area (Å²) in [7, 11) is 1.32. The molecule has 2 aromatic carbocycles. The Kier molecular flexibility index (Phi) is 6.51. The Morgan fingerprint density at radius 1 is 1.19 bits per heavy atom. The molecule has 1 heterocycles. The van der Waals surface area contributed by atoms with E-state index in [0.717, 1.165) is 27.0 Å². The lowest BCUT2D eigenvalue weighted by Gasteiger charge is -2.04. The van der Waals surface area contributed by atoms with E-state index in [1.54, 1.807) is 36.0 Å². The normalized spacial score (nSPS) is 11.7. The number of nitrogens with zero attached hydrogens (tertiary/aromatic N) is 2. The molecule has 0 fully saturated rings. The van der Waals surface area contributed by atoms with Crippen molar-refractivity contribution < 1.29 is 14.3 Å². The smallest absolute Gasteiger partial charge is 0.337 e. The van der Waals surface area contributed by atoms with E-state index in [1.807, 2.05) is 18.2 Å². The molecular weight excluding hydrogens is 448 g/mol. The molecule has 0 N–H and O–H groups in total. The summed E-state index contributed by atoms with van der Waals surface area (Å²) < 4.78 is 8.81. The van der Waals surface area contributed by atoms with Gasteiger partial charge in [0.25, 0.3) is 5.91 Å². The fraction of sp³-hybridized carbons (Fsp3) is 0.211. The average molecular weight is 465 g/mol. The van der Waals surface area contributed by atoms with E-state index in [9.17, 15) is 9.59 Å². The van der Waals surface area contributed by atoms with Crippen LogP contribution in [0.25, 0.3) is 10.2 Å². The predicted molar refractivity (Wildman–Crippen MR) is 114 cm³/mol. The number of hydrogen-bond acceptors (Lipinski definition) is 5. The summed E-state index contributed by atoms with van der Waals surface area (Å²) in [4.78, 5) is 29.2. The first kappa shape index (κ1) is 19.9. The van der Waals surface area contributed by atoms with Gasteiger partial charge in [-0.25, -0.2) is 4.79 Å². The summed E-state index contributed by atoms with van der Waals surface area (Å²) >= 11 is 6.72. The van der Waals surface area contributed by atoms with E-state index in [0.29, 0.717) is 15.9 Å². The van der Waals surface area contributed by atoms with Gasteiger partial charge in [0.15, 0.2) is 4.80 Å². The van der Waals surface area contributed by atoms with Crippen LogP contribution in [0.5, 0.6) is 0 Å². The second-order valence-corrected chi connectivity index (χ2v) is 8.54. The van der Waals surface area contributed by atoms with Crippen LogP contribution in [-0.2, 0) is 11.3 Å². The molecule has 0 radical (unpaired) electrons. The van der Waals surface area contributed by atoms with Crippen molar-refractivity contribution in [2.45, 2.75) is 6.54 Å². The molecule has 5 nitrogen and oxygen atoms in total. The van der Waals surface area contributed by atoms with Gasteiger partial charge in [0.2, 0.25) is 0 Å². The van der Waals surface area contributed by atoms with Crippen molar-refractivity contribution in [1.29, 1.82) is 0 Å². The molecule has 8 heteroatoms. The van der Waals surface area contributed by atoms with Crippen molar-refractivity contribution in [1.82, 2.24) is 4.57 Å². The first-order valence-electron chi connectivity index (χ1n) is 8.08. The van der Waals surface area contributed by atoms with Crippen molar-refractivity contribution in [3.8, 4) is 0 Å². The molecule has 0 aliphatic heterocycles. The van der Waals surface area contributed by atoms with Crippen molar-refractivity contribution in [2.24, 2.45) is 4.99 Å². The minimum absolute atomic E-state index is 0.338. The number of fused-ring (bicyclic) bond motifs is 1. The maximum atomic E-state index is 12.6. The van der Waals surface area contributed by atoms with Gasteiger partial charge < -0.3 is 9.30 Å². The van der Waals surface area contributed by atoms with Crippen LogP contribution in [0.15, 0.2) is 51.9 Å². The van der Waals surface area contributed by atoms with Crippen molar-refractivity contribution >= 4 is 61.1 Å². The molecule has 3 aromatic rings. The Hall–Kier alpha value is -1.90. The Bertz CT molecular complexity index is 1050. The molecule has 0 atom stereocenters. The molecule has 0 saturated carbocycles. The van der Waals surface area contributed by atoms with Crippen LogP contribution in [0.4, 0.5) is 0 Å². The fourth-order valence-corrected chi connectivity index (χ4v) is 4.52. The molecule has 0 spiro atoms. The number of ether oxygens (including phenoxy) is 1. The maximum absolute atomic E-state index is 12.6. The van der Waals surface area contributed by atoms with Crippen LogP contribution in [0.2, 0.25) is 0 Å². The van der Waals surface area contributed by atoms with Crippen LogP contribution < -0.4 is 4.80 Å². The lowest BCUT2D eigenvalue weighted by Crippen LogP contribution is -2.18. The first-order valence-corrected chi connectivity index (χ1v) is 11.1. The summed E-state index contributed by atoms with van der Waals surface area (Å²) in [6, 6.07) is 12.4. The van der Waals surface area contributed by atoms with Gasteiger partial charge in [0, 0.05) is 22.3 Å². The number of hydrogen-bond donors (Lipinski definition) is 0. The average Bonchev–Trinajstić information content (AvgIpc) is 3.01. The molecule has 0 bridgehead atoms. The third kappa shape index (κ3) is 4.51. The van der Waals surface area contributed by atoms with Crippen LogP contribution in [0.1, 0.15) is 20.7 Å². The minimum Gasteiger partial charge on any atom is -0.465 e. The Labute approximate surface area is 173 Å². The summed E-state index contributed by atoms with van der Waals surface area (Å²) in [5, 5.41) is 0. The number of thioether (sulfide) groups is 1. The number of aromatic nitrogens is 1. The second-order valence-electron chi connectivity index (χ2n) is 5.63. The van der Waals surface area contributed by atoms with E-state index in [2.05, 4.69) is 36.5 Å². The van der Waals surface area contributed by atoms with Crippen molar-refractivity contribution in [2.75, 3.05) is 19.1 Å².